The van der Waals surface area contributed by atoms with Crippen molar-refractivity contribution in [1.82, 2.24) is 0 Å². The number of likely N-dealkylation sites (N-methyl/N-ethyl adjacent to an activating group) is 1. The third-order valence-electron chi connectivity index (χ3n) is 4.82. The molecule has 0 aromatic heterocycles. The number of aryl methyl sites for hydroxylation is 1. The molecule has 5 heteroatoms. The number of anilines is 2. The second-order valence-electron chi connectivity index (χ2n) is 6.41. The van der Waals surface area contributed by atoms with Gasteiger partial charge in [-0.05, 0) is 55.2 Å². The van der Waals surface area contributed by atoms with Crippen molar-refractivity contribution >= 4 is 17.3 Å². The third-order valence-corrected chi connectivity index (χ3v) is 4.82. The van der Waals surface area contributed by atoms with Gasteiger partial charge in [-0.2, -0.15) is 0 Å². The highest BCUT2D eigenvalue weighted by atomic mass is 16.7. The topological polar surface area (TPSA) is 50.8 Å². The van der Waals surface area contributed by atoms with Gasteiger partial charge in [-0.1, -0.05) is 12.1 Å². The molecule has 0 bridgehead atoms. The molecule has 0 unspecified atom stereocenters. The maximum atomic E-state index is 12.3. The Hall–Kier alpha value is -2.69. The summed E-state index contributed by atoms with van der Waals surface area (Å²) in [5, 5.41) is 3.02. The first-order valence-electron chi connectivity index (χ1n) is 8.79. The van der Waals surface area contributed by atoms with Crippen LogP contribution in [0.25, 0.3) is 0 Å². The molecule has 2 aromatic carbocycles. The number of rotatable bonds is 5. The van der Waals surface area contributed by atoms with Gasteiger partial charge >= 0.3 is 0 Å². The van der Waals surface area contributed by atoms with Crippen LogP contribution in [-0.4, -0.2) is 25.8 Å². The Morgan fingerprint density at radius 3 is 2.92 bits per heavy atom. The number of fused-ring (bicyclic) bond motifs is 2. The van der Waals surface area contributed by atoms with E-state index in [4.69, 9.17) is 9.47 Å². The van der Waals surface area contributed by atoms with E-state index in [1.165, 1.54) is 11.3 Å². The second kappa shape index (κ2) is 6.67. The van der Waals surface area contributed by atoms with E-state index < -0.39 is 0 Å². The first-order chi connectivity index (χ1) is 12.2. The van der Waals surface area contributed by atoms with Gasteiger partial charge in [-0.3, -0.25) is 4.79 Å². The number of benzene rings is 2. The minimum Gasteiger partial charge on any atom is -0.454 e. The van der Waals surface area contributed by atoms with Crippen LogP contribution in [0, 0.1) is 0 Å². The first-order valence-corrected chi connectivity index (χ1v) is 8.79. The monoisotopic (exact) mass is 338 g/mol. The molecular formula is C20H22N2O3. The van der Waals surface area contributed by atoms with E-state index in [0.717, 1.165) is 42.3 Å². The molecule has 2 aromatic rings. The van der Waals surface area contributed by atoms with E-state index in [9.17, 15) is 4.79 Å². The fourth-order valence-electron chi connectivity index (χ4n) is 3.43. The molecule has 4 rings (SSSR count). The lowest BCUT2D eigenvalue weighted by molar-refractivity contribution is -0.116. The van der Waals surface area contributed by atoms with E-state index >= 15 is 0 Å². The minimum atomic E-state index is 0.0265. The molecule has 0 radical (unpaired) electrons. The molecule has 2 aliphatic heterocycles. The SMILES string of the molecule is CCN1CCc2ccc(NC(=O)CCc3ccc4c(c3)OCO4)cc21. The number of carbonyl (C=O) groups is 1. The first kappa shape index (κ1) is 15.8. The summed E-state index contributed by atoms with van der Waals surface area (Å²) in [5.74, 6) is 1.56. The van der Waals surface area contributed by atoms with Crippen LogP contribution in [0.4, 0.5) is 11.4 Å². The molecule has 0 atom stereocenters. The third kappa shape index (κ3) is 3.27. The number of hydrogen-bond donors (Lipinski definition) is 1. The normalized spacial score (nSPS) is 14.5. The summed E-state index contributed by atoms with van der Waals surface area (Å²) < 4.78 is 10.7. The van der Waals surface area contributed by atoms with Crippen molar-refractivity contribution in [3.63, 3.8) is 0 Å². The highest BCUT2D eigenvalue weighted by Gasteiger charge is 2.18. The summed E-state index contributed by atoms with van der Waals surface area (Å²) in [5.41, 5.74) is 4.55. The molecule has 25 heavy (non-hydrogen) atoms. The molecule has 1 N–H and O–H groups in total. The molecule has 2 heterocycles. The van der Waals surface area contributed by atoms with Crippen molar-refractivity contribution in [1.29, 1.82) is 0 Å². The second-order valence-corrected chi connectivity index (χ2v) is 6.41. The molecule has 0 fully saturated rings. The fourth-order valence-corrected chi connectivity index (χ4v) is 3.43. The molecule has 1 amide bonds. The van der Waals surface area contributed by atoms with Gasteiger partial charge in [0.1, 0.15) is 0 Å². The molecule has 0 saturated heterocycles. The number of ether oxygens (including phenoxy) is 2. The van der Waals surface area contributed by atoms with E-state index in [0.29, 0.717) is 12.8 Å². The van der Waals surface area contributed by atoms with Gasteiger partial charge < -0.3 is 19.7 Å². The molecule has 0 saturated carbocycles. The van der Waals surface area contributed by atoms with Crippen LogP contribution in [0.5, 0.6) is 11.5 Å². The quantitative estimate of drug-likeness (QED) is 0.908. The van der Waals surface area contributed by atoms with E-state index in [-0.39, 0.29) is 12.7 Å². The smallest absolute Gasteiger partial charge is 0.231 e. The maximum Gasteiger partial charge on any atom is 0.231 e. The van der Waals surface area contributed by atoms with Crippen LogP contribution < -0.4 is 19.7 Å². The Kier molecular flexibility index (Phi) is 4.22. The van der Waals surface area contributed by atoms with Crippen molar-refractivity contribution in [3.8, 4) is 11.5 Å². The minimum absolute atomic E-state index is 0.0265. The van der Waals surface area contributed by atoms with Crippen molar-refractivity contribution in [2.45, 2.75) is 26.2 Å². The zero-order valence-corrected chi connectivity index (χ0v) is 14.4. The Balaban J connectivity index is 1.36. The molecule has 0 spiro atoms. The summed E-state index contributed by atoms with van der Waals surface area (Å²) in [4.78, 5) is 14.6. The molecule has 0 aliphatic carbocycles. The van der Waals surface area contributed by atoms with Crippen LogP contribution in [0.1, 0.15) is 24.5 Å². The molecule has 130 valence electrons. The van der Waals surface area contributed by atoms with E-state index in [2.05, 4.69) is 29.3 Å². The Labute approximate surface area is 147 Å². The standard InChI is InChI=1S/C20H22N2O3/c1-2-22-10-9-15-5-6-16(12-17(15)22)21-20(23)8-4-14-3-7-18-19(11-14)25-13-24-18/h3,5-7,11-12H,2,4,8-10,13H2,1H3,(H,21,23). The zero-order valence-electron chi connectivity index (χ0n) is 14.4. The van der Waals surface area contributed by atoms with Crippen molar-refractivity contribution in [2.75, 3.05) is 30.1 Å². The lowest BCUT2D eigenvalue weighted by atomic mass is 10.1. The lowest BCUT2D eigenvalue weighted by Crippen LogP contribution is -2.19. The zero-order chi connectivity index (χ0) is 17.2. The van der Waals surface area contributed by atoms with Crippen molar-refractivity contribution in [3.05, 3.63) is 47.5 Å². The highest BCUT2D eigenvalue weighted by molar-refractivity contribution is 5.91. The van der Waals surface area contributed by atoms with Gasteiger partial charge in [-0.15, -0.1) is 0 Å². The Morgan fingerprint density at radius 2 is 2.04 bits per heavy atom. The number of nitrogens with zero attached hydrogens (tertiary/aromatic N) is 1. The van der Waals surface area contributed by atoms with Gasteiger partial charge in [0, 0.05) is 30.9 Å². The summed E-state index contributed by atoms with van der Waals surface area (Å²) in [6.07, 6.45) is 2.20. The van der Waals surface area contributed by atoms with Crippen molar-refractivity contribution in [2.24, 2.45) is 0 Å². The molecule has 2 aliphatic rings. The lowest BCUT2D eigenvalue weighted by Gasteiger charge is -2.17. The van der Waals surface area contributed by atoms with Crippen LogP contribution in [0.2, 0.25) is 0 Å². The summed E-state index contributed by atoms with van der Waals surface area (Å²) in [6, 6.07) is 12.0. The number of carbonyl (C=O) groups excluding carboxylic acids is 1. The van der Waals surface area contributed by atoms with E-state index in [1.54, 1.807) is 0 Å². The van der Waals surface area contributed by atoms with Crippen molar-refractivity contribution < 1.29 is 14.3 Å². The Bertz CT molecular complexity index is 804. The van der Waals surface area contributed by atoms with Crippen LogP contribution in [-0.2, 0) is 17.6 Å². The summed E-state index contributed by atoms with van der Waals surface area (Å²) >= 11 is 0. The maximum absolute atomic E-state index is 12.3. The molecule has 5 nitrogen and oxygen atoms in total. The van der Waals surface area contributed by atoms with Gasteiger partial charge in [0.2, 0.25) is 12.7 Å². The number of hydrogen-bond acceptors (Lipinski definition) is 4. The average Bonchev–Trinajstić information content (AvgIpc) is 3.25. The number of amides is 1. The van der Waals surface area contributed by atoms with Gasteiger partial charge in [0.15, 0.2) is 11.5 Å². The predicted octanol–water partition coefficient (Wildman–Crippen LogP) is 3.37. The fraction of sp³-hybridized carbons (Fsp3) is 0.350. The van der Waals surface area contributed by atoms with Crippen LogP contribution in [0.3, 0.4) is 0 Å². The van der Waals surface area contributed by atoms with Gasteiger partial charge in [0.25, 0.3) is 0 Å². The highest BCUT2D eigenvalue weighted by Crippen LogP contribution is 2.33. The largest absolute Gasteiger partial charge is 0.454 e. The van der Waals surface area contributed by atoms with E-state index in [1.807, 2.05) is 24.3 Å². The van der Waals surface area contributed by atoms with Gasteiger partial charge in [0.05, 0.1) is 0 Å². The predicted molar refractivity (Wildman–Crippen MR) is 97.5 cm³/mol. The Morgan fingerprint density at radius 1 is 1.16 bits per heavy atom. The average molecular weight is 338 g/mol. The van der Waals surface area contributed by atoms with Crippen LogP contribution >= 0.6 is 0 Å². The molecular weight excluding hydrogens is 316 g/mol. The summed E-state index contributed by atoms with van der Waals surface area (Å²) in [7, 11) is 0. The van der Waals surface area contributed by atoms with Gasteiger partial charge in [-0.25, -0.2) is 0 Å². The number of nitrogens with one attached hydrogen (secondary N) is 1. The summed E-state index contributed by atoms with van der Waals surface area (Å²) in [6.45, 7) is 4.49. The van der Waals surface area contributed by atoms with Crippen LogP contribution in [0.15, 0.2) is 36.4 Å².